The van der Waals surface area contributed by atoms with Crippen LogP contribution in [0.2, 0.25) is 0 Å². The number of aromatic nitrogens is 1. The predicted octanol–water partition coefficient (Wildman–Crippen LogP) is 1.94. The second kappa shape index (κ2) is 4.09. The minimum atomic E-state index is 0.510. The van der Waals surface area contributed by atoms with E-state index in [1.54, 1.807) is 0 Å². The normalized spacial score (nSPS) is 28.5. The van der Waals surface area contributed by atoms with Crippen LogP contribution in [0.25, 0.3) is 0 Å². The molecule has 0 spiro atoms. The van der Waals surface area contributed by atoms with Crippen molar-refractivity contribution in [2.24, 2.45) is 0 Å². The molecule has 1 aromatic rings. The molecule has 1 aliphatic carbocycles. The highest BCUT2D eigenvalue weighted by Gasteiger charge is 2.30. The van der Waals surface area contributed by atoms with Crippen LogP contribution in [0.1, 0.15) is 35.5 Å². The number of piperazine rings is 1. The largest absolute Gasteiger partial charge is 0.303 e. The second-order valence-electron chi connectivity index (χ2n) is 5.14. The van der Waals surface area contributed by atoms with Crippen LogP contribution in [0.4, 0.5) is 0 Å². The van der Waals surface area contributed by atoms with Gasteiger partial charge in [0.1, 0.15) is 5.01 Å². The number of nitrogens with zero attached hydrogens (tertiary/aromatic N) is 3. The Morgan fingerprint density at radius 2 is 2.12 bits per heavy atom. The van der Waals surface area contributed by atoms with Crippen LogP contribution < -0.4 is 0 Å². The Morgan fingerprint density at radius 3 is 2.88 bits per heavy atom. The van der Waals surface area contributed by atoms with Gasteiger partial charge in [-0.3, -0.25) is 4.90 Å². The number of thiazole rings is 1. The molecule has 2 aliphatic rings. The van der Waals surface area contributed by atoms with E-state index >= 15 is 0 Å². The van der Waals surface area contributed by atoms with Gasteiger partial charge in [-0.2, -0.15) is 0 Å². The van der Waals surface area contributed by atoms with Gasteiger partial charge in [-0.05, 0) is 26.9 Å². The lowest BCUT2D eigenvalue weighted by atomic mass is 10.2. The Morgan fingerprint density at radius 1 is 1.31 bits per heavy atom. The monoisotopic (exact) mass is 237 g/mol. The van der Waals surface area contributed by atoms with E-state index in [2.05, 4.69) is 29.3 Å². The maximum atomic E-state index is 4.83. The molecule has 2 fully saturated rings. The predicted molar refractivity (Wildman–Crippen MR) is 67.0 cm³/mol. The maximum absolute atomic E-state index is 4.83. The molecule has 0 radical (unpaired) electrons. The van der Waals surface area contributed by atoms with E-state index in [-0.39, 0.29) is 0 Å². The van der Waals surface area contributed by atoms with Crippen molar-refractivity contribution in [2.75, 3.05) is 33.7 Å². The van der Waals surface area contributed by atoms with Crippen LogP contribution in [-0.2, 0) is 0 Å². The highest BCUT2D eigenvalue weighted by atomic mass is 32.1. The lowest BCUT2D eigenvalue weighted by Gasteiger charge is -2.36. The van der Waals surface area contributed by atoms with Gasteiger partial charge in [-0.1, -0.05) is 0 Å². The molecule has 2 heterocycles. The maximum Gasteiger partial charge on any atom is 0.111 e. The van der Waals surface area contributed by atoms with E-state index in [1.165, 1.54) is 30.1 Å². The first kappa shape index (κ1) is 10.7. The minimum Gasteiger partial charge on any atom is -0.303 e. The molecule has 3 nitrogen and oxygen atoms in total. The van der Waals surface area contributed by atoms with Crippen molar-refractivity contribution in [3.05, 3.63) is 16.1 Å². The van der Waals surface area contributed by atoms with Crippen molar-refractivity contribution in [2.45, 2.75) is 24.8 Å². The molecule has 1 aromatic heterocycles. The molecule has 16 heavy (non-hydrogen) atoms. The molecule has 3 rings (SSSR count). The second-order valence-corrected chi connectivity index (χ2v) is 6.03. The summed E-state index contributed by atoms with van der Waals surface area (Å²) in [5.74, 6) is 0.789. The van der Waals surface area contributed by atoms with Gasteiger partial charge in [0.25, 0.3) is 0 Å². The van der Waals surface area contributed by atoms with Crippen molar-refractivity contribution in [1.29, 1.82) is 0 Å². The number of hydrogen-bond donors (Lipinski definition) is 0. The standard InChI is InChI=1S/C12H19N3S/c1-14-5-6-15(2)11(7-14)12-13-10(8-16-12)9-3-4-9/h8-9,11H,3-7H2,1-2H3. The van der Waals surface area contributed by atoms with Crippen LogP contribution in [-0.4, -0.2) is 48.5 Å². The molecule has 88 valence electrons. The molecule has 1 unspecified atom stereocenters. The zero-order chi connectivity index (χ0) is 11.1. The van der Waals surface area contributed by atoms with Crippen molar-refractivity contribution in [3.63, 3.8) is 0 Å². The fourth-order valence-corrected chi connectivity index (χ4v) is 3.35. The summed E-state index contributed by atoms with van der Waals surface area (Å²) >= 11 is 1.85. The molecule has 1 saturated heterocycles. The van der Waals surface area contributed by atoms with Crippen LogP contribution in [0.3, 0.4) is 0 Å². The molecule has 4 heteroatoms. The van der Waals surface area contributed by atoms with Gasteiger partial charge in [-0.25, -0.2) is 4.98 Å². The SMILES string of the molecule is CN1CCN(C)C(c2nc(C3CC3)cs2)C1. The van der Waals surface area contributed by atoms with Gasteiger partial charge in [0.05, 0.1) is 11.7 Å². The fraction of sp³-hybridized carbons (Fsp3) is 0.750. The number of rotatable bonds is 2. The van der Waals surface area contributed by atoms with Gasteiger partial charge >= 0.3 is 0 Å². The van der Waals surface area contributed by atoms with Crippen LogP contribution in [0.15, 0.2) is 5.38 Å². The quantitative estimate of drug-likeness (QED) is 0.783. The molecule has 1 saturated carbocycles. The van der Waals surface area contributed by atoms with E-state index < -0.39 is 0 Å². The van der Waals surface area contributed by atoms with Crippen LogP contribution in [0.5, 0.6) is 0 Å². The highest BCUT2D eigenvalue weighted by Crippen LogP contribution is 2.41. The van der Waals surface area contributed by atoms with Gasteiger partial charge < -0.3 is 4.90 Å². The van der Waals surface area contributed by atoms with Gasteiger partial charge in [0.15, 0.2) is 0 Å². The third-order valence-electron chi connectivity index (χ3n) is 3.67. The van der Waals surface area contributed by atoms with E-state index in [4.69, 9.17) is 4.98 Å². The smallest absolute Gasteiger partial charge is 0.111 e. The summed E-state index contributed by atoms with van der Waals surface area (Å²) in [7, 11) is 4.42. The zero-order valence-electron chi connectivity index (χ0n) is 10.0. The Balaban J connectivity index is 1.78. The molecule has 1 aliphatic heterocycles. The summed E-state index contributed by atoms with van der Waals surface area (Å²) in [4.78, 5) is 9.68. The van der Waals surface area contributed by atoms with Crippen LogP contribution in [0, 0.1) is 0 Å². The number of hydrogen-bond acceptors (Lipinski definition) is 4. The molecule has 0 amide bonds. The molecular weight excluding hydrogens is 218 g/mol. The Bertz CT molecular complexity index is 372. The topological polar surface area (TPSA) is 19.4 Å². The number of likely N-dealkylation sites (N-methyl/N-ethyl adjacent to an activating group) is 2. The fourth-order valence-electron chi connectivity index (χ4n) is 2.30. The van der Waals surface area contributed by atoms with E-state index in [0.29, 0.717) is 6.04 Å². The van der Waals surface area contributed by atoms with Crippen molar-refractivity contribution in [3.8, 4) is 0 Å². The van der Waals surface area contributed by atoms with E-state index in [0.717, 1.165) is 19.0 Å². The third-order valence-corrected chi connectivity index (χ3v) is 4.64. The lowest BCUT2D eigenvalue weighted by Crippen LogP contribution is -2.44. The third kappa shape index (κ3) is 2.01. The lowest BCUT2D eigenvalue weighted by molar-refractivity contribution is 0.115. The Kier molecular flexibility index (Phi) is 2.73. The van der Waals surface area contributed by atoms with Gasteiger partial charge in [0, 0.05) is 30.9 Å². The van der Waals surface area contributed by atoms with Crippen molar-refractivity contribution in [1.82, 2.24) is 14.8 Å². The minimum absolute atomic E-state index is 0.510. The highest BCUT2D eigenvalue weighted by molar-refractivity contribution is 7.09. The van der Waals surface area contributed by atoms with Gasteiger partial charge in [0.2, 0.25) is 0 Å². The average molecular weight is 237 g/mol. The summed E-state index contributed by atoms with van der Waals surface area (Å²) in [6.07, 6.45) is 2.70. The summed E-state index contributed by atoms with van der Waals surface area (Å²) in [6.45, 7) is 3.45. The summed E-state index contributed by atoms with van der Waals surface area (Å²) in [6, 6.07) is 0.510. The van der Waals surface area contributed by atoms with Crippen molar-refractivity contribution < 1.29 is 0 Å². The average Bonchev–Trinajstić information content (AvgIpc) is 3.01. The molecule has 1 atom stereocenters. The molecule has 0 aromatic carbocycles. The zero-order valence-corrected chi connectivity index (χ0v) is 10.8. The first-order chi connectivity index (χ1) is 7.74. The molecule has 0 bridgehead atoms. The Hall–Kier alpha value is -0.450. The van der Waals surface area contributed by atoms with Gasteiger partial charge in [-0.15, -0.1) is 11.3 Å². The van der Waals surface area contributed by atoms with E-state index in [1.807, 2.05) is 11.3 Å². The first-order valence-electron chi connectivity index (χ1n) is 6.08. The summed E-state index contributed by atoms with van der Waals surface area (Å²) in [5.41, 5.74) is 1.35. The Labute approximate surface area is 101 Å². The van der Waals surface area contributed by atoms with Crippen LogP contribution >= 0.6 is 11.3 Å². The summed E-state index contributed by atoms with van der Waals surface area (Å²) < 4.78 is 0. The molecule has 0 N–H and O–H groups in total. The van der Waals surface area contributed by atoms with E-state index in [9.17, 15) is 0 Å². The molecular formula is C12H19N3S. The summed E-state index contributed by atoms with van der Waals surface area (Å²) in [5, 5.41) is 3.59. The first-order valence-corrected chi connectivity index (χ1v) is 6.96. The van der Waals surface area contributed by atoms with Crippen molar-refractivity contribution >= 4 is 11.3 Å².